The summed E-state index contributed by atoms with van der Waals surface area (Å²) in [5.74, 6) is 0.487. The topological polar surface area (TPSA) is 44.4 Å². The van der Waals surface area contributed by atoms with E-state index in [-0.39, 0.29) is 6.03 Å². The van der Waals surface area contributed by atoms with Crippen LogP contribution in [0.1, 0.15) is 26.7 Å². The van der Waals surface area contributed by atoms with Gasteiger partial charge in [0.25, 0.3) is 0 Å². The van der Waals surface area contributed by atoms with Crippen molar-refractivity contribution in [3.63, 3.8) is 0 Å². The van der Waals surface area contributed by atoms with Crippen molar-refractivity contribution in [3.8, 4) is 0 Å². The summed E-state index contributed by atoms with van der Waals surface area (Å²) in [6, 6.07) is 10.7. The van der Waals surface area contributed by atoms with Crippen LogP contribution in [0.15, 0.2) is 30.3 Å². The molecule has 1 aliphatic rings. The van der Waals surface area contributed by atoms with Gasteiger partial charge in [-0.15, -0.1) is 0 Å². The molecule has 4 heteroatoms. The van der Waals surface area contributed by atoms with Gasteiger partial charge in [0.05, 0.1) is 0 Å². The molecule has 0 atom stereocenters. The Bertz CT molecular complexity index is 411. The highest BCUT2D eigenvalue weighted by atomic mass is 16.2. The molecule has 0 aromatic heterocycles. The number of rotatable bonds is 4. The Balaban J connectivity index is 1.73. The molecule has 0 radical (unpaired) electrons. The first-order chi connectivity index (χ1) is 9.65. The van der Waals surface area contributed by atoms with Gasteiger partial charge < -0.3 is 15.5 Å². The van der Waals surface area contributed by atoms with Crippen molar-refractivity contribution in [2.24, 2.45) is 5.92 Å². The van der Waals surface area contributed by atoms with Crippen LogP contribution in [0.5, 0.6) is 0 Å². The van der Waals surface area contributed by atoms with Crippen molar-refractivity contribution in [1.29, 1.82) is 0 Å². The second kappa shape index (κ2) is 7.17. The molecule has 1 aromatic rings. The monoisotopic (exact) mass is 275 g/mol. The summed E-state index contributed by atoms with van der Waals surface area (Å²) in [4.78, 5) is 14.1. The number of amides is 2. The van der Waals surface area contributed by atoms with Crippen LogP contribution in [0.25, 0.3) is 0 Å². The molecule has 4 nitrogen and oxygen atoms in total. The van der Waals surface area contributed by atoms with E-state index < -0.39 is 0 Å². The Morgan fingerprint density at radius 3 is 2.50 bits per heavy atom. The van der Waals surface area contributed by atoms with Crippen molar-refractivity contribution in [2.75, 3.05) is 24.5 Å². The van der Waals surface area contributed by atoms with Gasteiger partial charge in [0.1, 0.15) is 0 Å². The molecule has 1 heterocycles. The van der Waals surface area contributed by atoms with Crippen LogP contribution < -0.4 is 15.5 Å². The Morgan fingerprint density at radius 2 is 1.90 bits per heavy atom. The van der Waals surface area contributed by atoms with E-state index in [0.29, 0.717) is 12.0 Å². The van der Waals surface area contributed by atoms with E-state index in [1.807, 2.05) is 6.07 Å². The number of urea groups is 1. The van der Waals surface area contributed by atoms with Crippen LogP contribution in [0.2, 0.25) is 0 Å². The molecule has 1 saturated heterocycles. The molecule has 0 aliphatic carbocycles. The first kappa shape index (κ1) is 14.7. The molecular weight excluding hydrogens is 250 g/mol. The average Bonchev–Trinajstić information content (AvgIpc) is 2.47. The van der Waals surface area contributed by atoms with Crippen LogP contribution in [-0.4, -0.2) is 31.7 Å². The molecule has 110 valence electrons. The van der Waals surface area contributed by atoms with Gasteiger partial charge >= 0.3 is 6.03 Å². The third-order valence-corrected chi connectivity index (χ3v) is 3.62. The number of hydrogen-bond donors (Lipinski definition) is 2. The highest BCUT2D eigenvalue weighted by molar-refractivity contribution is 5.74. The molecule has 20 heavy (non-hydrogen) atoms. The summed E-state index contributed by atoms with van der Waals surface area (Å²) < 4.78 is 0. The van der Waals surface area contributed by atoms with Gasteiger partial charge in [0, 0.05) is 31.4 Å². The maximum atomic E-state index is 11.7. The van der Waals surface area contributed by atoms with Gasteiger partial charge in [-0.2, -0.15) is 0 Å². The van der Waals surface area contributed by atoms with Gasteiger partial charge in [0.15, 0.2) is 0 Å². The maximum Gasteiger partial charge on any atom is 0.315 e. The van der Waals surface area contributed by atoms with E-state index in [4.69, 9.17) is 0 Å². The SMILES string of the molecule is CC(C)CNC(=O)NC1CCN(c2ccccc2)CC1. The third-order valence-electron chi connectivity index (χ3n) is 3.62. The normalized spacial score (nSPS) is 16.2. The van der Waals surface area contributed by atoms with Crippen LogP contribution >= 0.6 is 0 Å². The summed E-state index contributed by atoms with van der Waals surface area (Å²) in [5, 5.41) is 5.98. The minimum Gasteiger partial charge on any atom is -0.371 e. The fourth-order valence-electron chi connectivity index (χ4n) is 2.45. The summed E-state index contributed by atoms with van der Waals surface area (Å²) >= 11 is 0. The fraction of sp³-hybridized carbons (Fsp3) is 0.562. The molecule has 2 rings (SSSR count). The van der Waals surface area contributed by atoms with Crippen LogP contribution in [0.4, 0.5) is 10.5 Å². The van der Waals surface area contributed by atoms with E-state index in [9.17, 15) is 4.79 Å². The largest absolute Gasteiger partial charge is 0.371 e. The number of nitrogens with one attached hydrogen (secondary N) is 2. The van der Waals surface area contributed by atoms with Crippen molar-refractivity contribution < 1.29 is 4.79 Å². The number of nitrogens with zero attached hydrogens (tertiary/aromatic N) is 1. The summed E-state index contributed by atoms with van der Waals surface area (Å²) in [6.45, 7) is 6.92. The number of anilines is 1. The molecule has 0 bridgehead atoms. The highest BCUT2D eigenvalue weighted by Gasteiger charge is 2.20. The van der Waals surface area contributed by atoms with E-state index in [0.717, 1.165) is 32.5 Å². The van der Waals surface area contributed by atoms with Crippen molar-refractivity contribution in [2.45, 2.75) is 32.7 Å². The number of piperidine rings is 1. The van der Waals surface area contributed by atoms with Crippen molar-refractivity contribution >= 4 is 11.7 Å². The standard InChI is InChI=1S/C16H25N3O/c1-13(2)12-17-16(20)18-14-8-10-19(11-9-14)15-6-4-3-5-7-15/h3-7,13-14H,8-12H2,1-2H3,(H2,17,18,20). The first-order valence-corrected chi connectivity index (χ1v) is 7.49. The molecular formula is C16H25N3O. The predicted molar refractivity (Wildman–Crippen MR) is 83.0 cm³/mol. The number of carbonyl (C=O) groups is 1. The Hall–Kier alpha value is -1.71. The molecule has 0 spiro atoms. The van der Waals surface area contributed by atoms with Gasteiger partial charge in [-0.1, -0.05) is 32.0 Å². The zero-order chi connectivity index (χ0) is 14.4. The minimum absolute atomic E-state index is 0.0307. The third kappa shape index (κ3) is 4.44. The molecule has 1 aromatic carbocycles. The van der Waals surface area contributed by atoms with Gasteiger partial charge in [-0.05, 0) is 30.9 Å². The number of benzene rings is 1. The van der Waals surface area contributed by atoms with Crippen molar-refractivity contribution in [1.82, 2.24) is 10.6 Å². The quantitative estimate of drug-likeness (QED) is 0.887. The Morgan fingerprint density at radius 1 is 1.25 bits per heavy atom. The fourth-order valence-corrected chi connectivity index (χ4v) is 2.45. The van der Waals surface area contributed by atoms with Crippen LogP contribution in [0.3, 0.4) is 0 Å². The minimum atomic E-state index is -0.0307. The van der Waals surface area contributed by atoms with Gasteiger partial charge in [-0.3, -0.25) is 0 Å². The molecule has 0 unspecified atom stereocenters. The second-order valence-corrected chi connectivity index (χ2v) is 5.85. The predicted octanol–water partition coefficient (Wildman–Crippen LogP) is 2.61. The zero-order valence-electron chi connectivity index (χ0n) is 12.4. The second-order valence-electron chi connectivity index (χ2n) is 5.85. The maximum absolute atomic E-state index is 11.7. The number of para-hydroxylation sites is 1. The lowest BCUT2D eigenvalue weighted by Crippen LogP contribution is -2.48. The van der Waals surface area contributed by atoms with Crippen LogP contribution in [-0.2, 0) is 0 Å². The molecule has 0 saturated carbocycles. The Kier molecular flexibility index (Phi) is 5.27. The van der Waals surface area contributed by atoms with E-state index in [1.54, 1.807) is 0 Å². The van der Waals surface area contributed by atoms with Gasteiger partial charge in [-0.25, -0.2) is 4.79 Å². The Labute approximate surface area is 121 Å². The summed E-state index contributed by atoms with van der Waals surface area (Å²) in [6.07, 6.45) is 2.01. The zero-order valence-corrected chi connectivity index (χ0v) is 12.4. The van der Waals surface area contributed by atoms with E-state index >= 15 is 0 Å². The molecule has 1 aliphatic heterocycles. The lowest BCUT2D eigenvalue weighted by atomic mass is 10.0. The van der Waals surface area contributed by atoms with Gasteiger partial charge in [0.2, 0.25) is 0 Å². The molecule has 2 N–H and O–H groups in total. The van der Waals surface area contributed by atoms with E-state index in [1.165, 1.54) is 5.69 Å². The molecule has 1 fully saturated rings. The lowest BCUT2D eigenvalue weighted by Gasteiger charge is -2.34. The summed E-state index contributed by atoms with van der Waals surface area (Å²) in [7, 11) is 0. The first-order valence-electron chi connectivity index (χ1n) is 7.49. The highest BCUT2D eigenvalue weighted by Crippen LogP contribution is 2.19. The van der Waals surface area contributed by atoms with E-state index in [2.05, 4.69) is 53.6 Å². The van der Waals surface area contributed by atoms with Crippen molar-refractivity contribution in [3.05, 3.63) is 30.3 Å². The number of hydrogen-bond acceptors (Lipinski definition) is 2. The average molecular weight is 275 g/mol. The number of carbonyl (C=O) groups excluding carboxylic acids is 1. The lowest BCUT2D eigenvalue weighted by molar-refractivity contribution is 0.233. The summed E-state index contributed by atoms with van der Waals surface area (Å²) in [5.41, 5.74) is 1.27. The van der Waals surface area contributed by atoms with Crippen LogP contribution in [0, 0.1) is 5.92 Å². The smallest absolute Gasteiger partial charge is 0.315 e. The molecule has 2 amide bonds.